The normalized spacial score (nSPS) is 11.5. The van der Waals surface area contributed by atoms with Crippen LogP contribution in [0, 0.1) is 12.3 Å². The molecule has 0 saturated carbocycles. The molecular weight excluding hydrogens is 188 g/mol. The van der Waals surface area contributed by atoms with Gasteiger partial charge in [0.1, 0.15) is 0 Å². The lowest BCUT2D eigenvalue weighted by molar-refractivity contribution is 0.0936. The molecule has 1 heterocycles. The van der Waals surface area contributed by atoms with E-state index in [-0.39, 0.29) is 11.9 Å². The summed E-state index contributed by atoms with van der Waals surface area (Å²) in [6.45, 7) is 1.99. The van der Waals surface area contributed by atoms with E-state index >= 15 is 0 Å². The lowest BCUT2D eigenvalue weighted by Crippen LogP contribution is -2.34. The molecule has 0 aliphatic rings. The molecule has 1 N–H and O–H groups in total. The fourth-order valence-electron chi connectivity index (χ4n) is 1.21. The molecule has 0 aliphatic carbocycles. The van der Waals surface area contributed by atoms with Gasteiger partial charge in [-0.25, -0.2) is 0 Å². The molecule has 0 saturated heterocycles. The fourth-order valence-corrected chi connectivity index (χ4v) is 1.21. The van der Waals surface area contributed by atoms with Gasteiger partial charge >= 0.3 is 0 Å². The van der Waals surface area contributed by atoms with Crippen molar-refractivity contribution >= 4 is 5.91 Å². The number of carbonyl (C=O) groups excluding carboxylic acids is 1. The maximum atomic E-state index is 11.7. The van der Waals surface area contributed by atoms with Crippen LogP contribution < -0.4 is 5.32 Å². The minimum Gasteiger partial charge on any atom is -0.348 e. The van der Waals surface area contributed by atoms with Crippen molar-refractivity contribution in [2.45, 2.75) is 25.8 Å². The van der Waals surface area contributed by atoms with Crippen LogP contribution in [-0.4, -0.2) is 16.9 Å². The summed E-state index contributed by atoms with van der Waals surface area (Å²) in [5.41, 5.74) is 0.612. The maximum Gasteiger partial charge on any atom is 0.251 e. The summed E-state index contributed by atoms with van der Waals surface area (Å²) in [7, 11) is 0. The number of rotatable bonds is 4. The van der Waals surface area contributed by atoms with Crippen LogP contribution in [0.4, 0.5) is 0 Å². The number of nitrogens with one attached hydrogen (secondary N) is 1. The van der Waals surface area contributed by atoms with Gasteiger partial charge in [0, 0.05) is 30.4 Å². The minimum absolute atomic E-state index is 0.0515. The number of terminal acetylenes is 1. The Bertz CT molecular complexity index is 354. The fraction of sp³-hybridized carbons (Fsp3) is 0.333. The van der Waals surface area contributed by atoms with E-state index in [0.717, 1.165) is 6.42 Å². The Kier molecular flexibility index (Phi) is 4.36. The number of carbonyl (C=O) groups is 1. The van der Waals surface area contributed by atoms with E-state index in [1.165, 1.54) is 0 Å². The second kappa shape index (κ2) is 5.82. The van der Waals surface area contributed by atoms with Gasteiger partial charge in [0.15, 0.2) is 0 Å². The van der Waals surface area contributed by atoms with Crippen molar-refractivity contribution in [2.75, 3.05) is 0 Å². The number of hydrogen-bond donors (Lipinski definition) is 1. The molecular formula is C12H14N2O. The van der Waals surface area contributed by atoms with Crippen LogP contribution in [0.3, 0.4) is 0 Å². The van der Waals surface area contributed by atoms with Crippen molar-refractivity contribution in [3.63, 3.8) is 0 Å². The first kappa shape index (κ1) is 11.3. The van der Waals surface area contributed by atoms with Crippen LogP contribution in [0.2, 0.25) is 0 Å². The van der Waals surface area contributed by atoms with Crippen molar-refractivity contribution in [2.24, 2.45) is 0 Å². The van der Waals surface area contributed by atoms with Crippen molar-refractivity contribution < 1.29 is 4.79 Å². The zero-order valence-corrected chi connectivity index (χ0v) is 8.73. The van der Waals surface area contributed by atoms with Crippen LogP contribution in [0.25, 0.3) is 0 Å². The Morgan fingerprint density at radius 2 is 2.27 bits per heavy atom. The molecule has 0 spiro atoms. The Balaban J connectivity index is 2.59. The van der Waals surface area contributed by atoms with Gasteiger partial charge in [0.25, 0.3) is 5.91 Å². The van der Waals surface area contributed by atoms with E-state index in [4.69, 9.17) is 6.42 Å². The zero-order valence-electron chi connectivity index (χ0n) is 8.73. The first-order chi connectivity index (χ1) is 7.27. The summed E-state index contributed by atoms with van der Waals surface area (Å²) in [4.78, 5) is 15.5. The Morgan fingerprint density at radius 3 is 2.80 bits per heavy atom. The average molecular weight is 202 g/mol. The molecule has 0 aliphatic heterocycles. The standard InChI is InChI=1S/C12H14N2O/c1-3-5-11(4-2)14-12(15)10-6-8-13-9-7-10/h1,6-9,11H,4-5H2,2H3,(H,14,15). The topological polar surface area (TPSA) is 42.0 Å². The molecule has 3 heteroatoms. The molecule has 1 atom stereocenters. The summed E-state index contributed by atoms with van der Waals surface area (Å²) in [5.74, 6) is 2.45. The number of aromatic nitrogens is 1. The summed E-state index contributed by atoms with van der Waals surface area (Å²) < 4.78 is 0. The molecule has 1 amide bonds. The van der Waals surface area contributed by atoms with Gasteiger partial charge in [-0.15, -0.1) is 12.3 Å². The van der Waals surface area contributed by atoms with E-state index < -0.39 is 0 Å². The van der Waals surface area contributed by atoms with Gasteiger partial charge < -0.3 is 5.32 Å². The van der Waals surface area contributed by atoms with Gasteiger partial charge in [-0.1, -0.05) is 6.92 Å². The monoisotopic (exact) mass is 202 g/mol. The maximum absolute atomic E-state index is 11.7. The lowest BCUT2D eigenvalue weighted by Gasteiger charge is -2.13. The van der Waals surface area contributed by atoms with E-state index in [1.54, 1.807) is 24.5 Å². The van der Waals surface area contributed by atoms with Gasteiger partial charge in [0.2, 0.25) is 0 Å². The third-order valence-corrected chi connectivity index (χ3v) is 2.13. The highest BCUT2D eigenvalue weighted by Crippen LogP contribution is 2.01. The van der Waals surface area contributed by atoms with Crippen LogP contribution in [-0.2, 0) is 0 Å². The molecule has 0 radical (unpaired) electrons. The Labute approximate surface area is 89.9 Å². The Hall–Kier alpha value is -1.82. The predicted molar refractivity (Wildman–Crippen MR) is 59.2 cm³/mol. The summed E-state index contributed by atoms with van der Waals surface area (Å²) in [6, 6.07) is 3.41. The highest BCUT2D eigenvalue weighted by Gasteiger charge is 2.10. The van der Waals surface area contributed by atoms with Gasteiger partial charge in [0.05, 0.1) is 0 Å². The molecule has 0 fully saturated rings. The number of hydrogen-bond acceptors (Lipinski definition) is 2. The molecule has 3 nitrogen and oxygen atoms in total. The summed E-state index contributed by atoms with van der Waals surface area (Å²) in [5, 5.41) is 2.87. The first-order valence-corrected chi connectivity index (χ1v) is 4.92. The second-order valence-corrected chi connectivity index (χ2v) is 3.22. The number of pyridine rings is 1. The highest BCUT2D eigenvalue weighted by molar-refractivity contribution is 5.94. The number of nitrogens with zero attached hydrogens (tertiary/aromatic N) is 1. The van der Waals surface area contributed by atoms with Crippen molar-refractivity contribution in [1.29, 1.82) is 0 Å². The van der Waals surface area contributed by atoms with Crippen LogP contribution >= 0.6 is 0 Å². The first-order valence-electron chi connectivity index (χ1n) is 4.92. The zero-order chi connectivity index (χ0) is 11.1. The molecule has 1 aromatic rings. The van der Waals surface area contributed by atoms with Crippen molar-refractivity contribution in [3.8, 4) is 12.3 Å². The van der Waals surface area contributed by atoms with E-state index in [9.17, 15) is 4.79 Å². The van der Waals surface area contributed by atoms with E-state index in [2.05, 4.69) is 16.2 Å². The van der Waals surface area contributed by atoms with Crippen LogP contribution in [0.15, 0.2) is 24.5 Å². The highest BCUT2D eigenvalue weighted by atomic mass is 16.1. The van der Waals surface area contributed by atoms with Crippen molar-refractivity contribution in [1.82, 2.24) is 10.3 Å². The van der Waals surface area contributed by atoms with Crippen LogP contribution in [0.5, 0.6) is 0 Å². The van der Waals surface area contributed by atoms with Gasteiger partial charge in [-0.3, -0.25) is 9.78 Å². The largest absolute Gasteiger partial charge is 0.348 e. The predicted octanol–water partition coefficient (Wildman–Crippen LogP) is 1.61. The Morgan fingerprint density at radius 1 is 1.60 bits per heavy atom. The van der Waals surface area contributed by atoms with Gasteiger partial charge in [-0.2, -0.15) is 0 Å². The number of amides is 1. The molecule has 15 heavy (non-hydrogen) atoms. The third kappa shape index (κ3) is 3.43. The minimum atomic E-state index is -0.0977. The van der Waals surface area contributed by atoms with Crippen molar-refractivity contribution in [3.05, 3.63) is 30.1 Å². The molecule has 1 unspecified atom stereocenters. The van der Waals surface area contributed by atoms with Crippen LogP contribution in [0.1, 0.15) is 30.1 Å². The second-order valence-electron chi connectivity index (χ2n) is 3.22. The molecule has 1 aromatic heterocycles. The van der Waals surface area contributed by atoms with Gasteiger partial charge in [-0.05, 0) is 18.6 Å². The summed E-state index contributed by atoms with van der Waals surface area (Å²) in [6.07, 6.45) is 9.79. The molecule has 78 valence electrons. The smallest absolute Gasteiger partial charge is 0.251 e. The average Bonchev–Trinajstić information content (AvgIpc) is 2.29. The molecule has 0 aromatic carbocycles. The SMILES string of the molecule is C#CCC(CC)NC(=O)c1ccncc1. The summed E-state index contributed by atoms with van der Waals surface area (Å²) >= 11 is 0. The third-order valence-electron chi connectivity index (χ3n) is 2.13. The van der Waals surface area contributed by atoms with E-state index in [1.807, 2.05) is 6.92 Å². The van der Waals surface area contributed by atoms with E-state index in [0.29, 0.717) is 12.0 Å². The lowest BCUT2D eigenvalue weighted by atomic mass is 10.1. The quantitative estimate of drug-likeness (QED) is 0.754. The molecule has 1 rings (SSSR count). The molecule has 0 bridgehead atoms.